The normalized spacial score (nSPS) is 15.4. The number of hydrogen-bond donors (Lipinski definition) is 1. The average molecular weight is 425 g/mol. The summed E-state index contributed by atoms with van der Waals surface area (Å²) < 4.78 is 12.8. The Morgan fingerprint density at radius 2 is 1.97 bits per heavy atom. The van der Waals surface area contributed by atoms with Crippen molar-refractivity contribution in [2.45, 2.75) is 26.5 Å². The van der Waals surface area contributed by atoms with Crippen LogP contribution in [0.4, 0.5) is 5.95 Å². The van der Waals surface area contributed by atoms with E-state index in [0.717, 1.165) is 11.1 Å². The van der Waals surface area contributed by atoms with Gasteiger partial charge in [0.2, 0.25) is 5.95 Å². The zero-order chi connectivity index (χ0) is 21.1. The van der Waals surface area contributed by atoms with E-state index in [0.29, 0.717) is 41.2 Å². The van der Waals surface area contributed by atoms with Gasteiger partial charge < -0.3 is 14.8 Å². The first-order valence-corrected chi connectivity index (χ1v) is 9.97. The molecule has 2 aromatic carbocycles. The number of nitrogens with zero attached hydrogens (tertiary/aromatic N) is 3. The zero-order valence-electron chi connectivity index (χ0n) is 16.6. The van der Waals surface area contributed by atoms with Crippen LogP contribution >= 0.6 is 11.6 Å². The summed E-state index contributed by atoms with van der Waals surface area (Å²) >= 11 is 6.19. The van der Waals surface area contributed by atoms with Crippen LogP contribution in [0.1, 0.15) is 31.0 Å². The van der Waals surface area contributed by atoms with E-state index in [4.69, 9.17) is 21.1 Å². The molecular weight excluding hydrogens is 404 g/mol. The Bertz CT molecular complexity index is 1090. The molecular formula is C22H21ClN4O3. The van der Waals surface area contributed by atoms with Gasteiger partial charge in [-0.05, 0) is 37.6 Å². The molecule has 0 spiro atoms. The van der Waals surface area contributed by atoms with Crippen molar-refractivity contribution in [2.24, 2.45) is 0 Å². The largest absolute Gasteiger partial charge is 0.489 e. The lowest BCUT2D eigenvalue weighted by atomic mass is 9.96. The minimum atomic E-state index is -0.444. The molecule has 1 N–H and O–H groups in total. The van der Waals surface area contributed by atoms with E-state index in [2.05, 4.69) is 15.4 Å². The summed E-state index contributed by atoms with van der Waals surface area (Å²) in [6.45, 7) is 4.28. The van der Waals surface area contributed by atoms with Crippen molar-refractivity contribution in [2.75, 3.05) is 11.9 Å². The van der Waals surface area contributed by atoms with E-state index in [1.165, 1.54) is 6.33 Å². The van der Waals surface area contributed by atoms with Gasteiger partial charge in [0.15, 0.2) is 0 Å². The van der Waals surface area contributed by atoms with Crippen molar-refractivity contribution in [3.63, 3.8) is 0 Å². The maximum Gasteiger partial charge on any atom is 0.338 e. The summed E-state index contributed by atoms with van der Waals surface area (Å²) in [6, 6.07) is 14.7. The molecule has 1 aliphatic heterocycles. The highest BCUT2D eigenvalue weighted by Gasteiger charge is 2.34. The second-order valence-corrected chi connectivity index (χ2v) is 7.17. The minimum absolute atomic E-state index is 0.293. The monoisotopic (exact) mass is 424 g/mol. The first-order valence-electron chi connectivity index (χ1n) is 9.59. The number of carbonyl (C=O) groups excluding carboxylic acids is 1. The molecule has 30 heavy (non-hydrogen) atoms. The first-order chi connectivity index (χ1) is 14.6. The van der Waals surface area contributed by atoms with Crippen LogP contribution in [0.2, 0.25) is 5.02 Å². The van der Waals surface area contributed by atoms with E-state index >= 15 is 0 Å². The Morgan fingerprint density at radius 1 is 1.20 bits per heavy atom. The molecule has 0 aliphatic carbocycles. The van der Waals surface area contributed by atoms with Crippen LogP contribution in [0.5, 0.6) is 5.75 Å². The molecule has 0 amide bonds. The van der Waals surface area contributed by atoms with Gasteiger partial charge in [-0.1, -0.05) is 41.9 Å². The lowest BCUT2D eigenvalue weighted by Crippen LogP contribution is -2.29. The Kier molecular flexibility index (Phi) is 5.72. The highest BCUT2D eigenvalue weighted by Crippen LogP contribution is 2.35. The molecule has 7 nitrogen and oxygen atoms in total. The van der Waals surface area contributed by atoms with Crippen molar-refractivity contribution in [1.82, 2.24) is 14.8 Å². The van der Waals surface area contributed by atoms with Crippen LogP contribution in [0, 0.1) is 0 Å². The van der Waals surface area contributed by atoms with Crippen molar-refractivity contribution < 1.29 is 14.3 Å². The highest BCUT2D eigenvalue weighted by atomic mass is 35.5. The van der Waals surface area contributed by atoms with Crippen molar-refractivity contribution in [1.29, 1.82) is 0 Å². The Hall–Kier alpha value is -3.32. The predicted octanol–water partition coefficient (Wildman–Crippen LogP) is 4.36. The molecule has 4 rings (SSSR count). The topological polar surface area (TPSA) is 78.3 Å². The summed E-state index contributed by atoms with van der Waals surface area (Å²) in [5, 5.41) is 8.09. The number of carbonyl (C=O) groups is 1. The van der Waals surface area contributed by atoms with Gasteiger partial charge >= 0.3 is 5.97 Å². The summed E-state index contributed by atoms with van der Waals surface area (Å²) in [6.07, 6.45) is 1.46. The molecule has 0 radical (unpaired) electrons. The van der Waals surface area contributed by atoms with Crippen LogP contribution < -0.4 is 10.1 Å². The molecule has 2 heterocycles. The second-order valence-electron chi connectivity index (χ2n) is 6.76. The fourth-order valence-electron chi connectivity index (χ4n) is 3.40. The van der Waals surface area contributed by atoms with Gasteiger partial charge in [-0.25, -0.2) is 9.48 Å². The quantitative estimate of drug-likeness (QED) is 0.592. The Morgan fingerprint density at radius 3 is 2.70 bits per heavy atom. The van der Waals surface area contributed by atoms with E-state index in [9.17, 15) is 4.79 Å². The maximum atomic E-state index is 12.7. The molecule has 3 aromatic rings. The minimum Gasteiger partial charge on any atom is -0.489 e. The molecule has 0 fully saturated rings. The summed E-state index contributed by atoms with van der Waals surface area (Å²) in [5.74, 6) is 0.891. The highest BCUT2D eigenvalue weighted by molar-refractivity contribution is 6.31. The number of aromatic nitrogens is 3. The number of allylic oxidation sites excluding steroid dienone is 1. The summed E-state index contributed by atoms with van der Waals surface area (Å²) in [7, 11) is 0. The number of fused-ring (bicyclic) bond motifs is 1. The molecule has 1 aromatic heterocycles. The van der Waals surface area contributed by atoms with Gasteiger partial charge in [-0.15, -0.1) is 0 Å². The van der Waals surface area contributed by atoms with Crippen LogP contribution in [0.25, 0.3) is 0 Å². The van der Waals surface area contributed by atoms with Crippen molar-refractivity contribution in [3.8, 4) is 5.75 Å². The van der Waals surface area contributed by atoms with Gasteiger partial charge in [0, 0.05) is 16.3 Å². The maximum absolute atomic E-state index is 12.7. The van der Waals surface area contributed by atoms with Crippen LogP contribution in [0.3, 0.4) is 0 Å². The van der Waals surface area contributed by atoms with Crippen LogP contribution in [-0.4, -0.2) is 27.3 Å². The number of ether oxygens (including phenoxy) is 2. The lowest BCUT2D eigenvalue weighted by molar-refractivity contribution is -0.139. The third-order valence-corrected chi connectivity index (χ3v) is 5.21. The molecule has 0 bridgehead atoms. The Balaban J connectivity index is 1.60. The first kappa shape index (κ1) is 20.0. The molecule has 8 heteroatoms. The van der Waals surface area contributed by atoms with Gasteiger partial charge in [0.25, 0.3) is 0 Å². The van der Waals surface area contributed by atoms with Crippen molar-refractivity contribution >= 4 is 23.5 Å². The fraction of sp³-hybridized carbons (Fsp3) is 0.227. The smallest absolute Gasteiger partial charge is 0.338 e. The Labute approximate surface area is 179 Å². The molecule has 1 atom stereocenters. The second kappa shape index (κ2) is 8.59. The van der Waals surface area contributed by atoms with Crippen LogP contribution in [0.15, 0.2) is 66.1 Å². The SMILES string of the molecule is CCOC(=O)C1=C(C)Nc2ncnn2C1c1ccc(OCc2ccccc2Cl)cc1. The standard InChI is InChI=1S/C22H21ClN4O3/c1-3-29-21(28)19-14(2)26-22-24-13-25-27(22)20(19)15-8-10-17(11-9-15)30-12-16-6-4-5-7-18(16)23/h4-11,13,20H,3,12H2,1-2H3,(H,24,25,26). The van der Waals surface area contributed by atoms with Crippen LogP contribution in [-0.2, 0) is 16.1 Å². The number of hydrogen-bond acceptors (Lipinski definition) is 6. The molecule has 1 aliphatic rings. The third kappa shape index (κ3) is 3.89. The number of nitrogens with one attached hydrogen (secondary N) is 1. The average Bonchev–Trinajstić information content (AvgIpc) is 3.21. The summed E-state index contributed by atoms with van der Waals surface area (Å²) in [4.78, 5) is 16.9. The molecule has 1 unspecified atom stereocenters. The van der Waals surface area contributed by atoms with E-state index in [1.807, 2.05) is 55.5 Å². The van der Waals surface area contributed by atoms with Gasteiger partial charge in [-0.3, -0.25) is 0 Å². The zero-order valence-corrected chi connectivity index (χ0v) is 17.4. The number of benzene rings is 2. The fourth-order valence-corrected chi connectivity index (χ4v) is 3.59. The van der Waals surface area contributed by atoms with E-state index in [-0.39, 0.29) is 5.97 Å². The van der Waals surface area contributed by atoms with Gasteiger partial charge in [0.05, 0.1) is 12.2 Å². The number of esters is 1. The van der Waals surface area contributed by atoms with Crippen molar-refractivity contribution in [3.05, 3.63) is 82.3 Å². The number of rotatable bonds is 6. The molecule has 154 valence electrons. The van der Waals surface area contributed by atoms with E-state index < -0.39 is 6.04 Å². The summed E-state index contributed by atoms with van der Waals surface area (Å²) in [5.41, 5.74) is 2.98. The molecule has 0 saturated heterocycles. The van der Waals surface area contributed by atoms with Gasteiger partial charge in [-0.2, -0.15) is 10.1 Å². The van der Waals surface area contributed by atoms with Gasteiger partial charge in [0.1, 0.15) is 24.7 Å². The third-order valence-electron chi connectivity index (χ3n) is 4.84. The number of halogens is 1. The predicted molar refractivity (Wildman–Crippen MR) is 113 cm³/mol. The number of anilines is 1. The lowest BCUT2D eigenvalue weighted by Gasteiger charge is -2.28. The van der Waals surface area contributed by atoms with E-state index in [1.54, 1.807) is 11.6 Å². The molecule has 0 saturated carbocycles.